The first kappa shape index (κ1) is 19.6. The second-order valence-corrected chi connectivity index (χ2v) is 7.23. The summed E-state index contributed by atoms with van der Waals surface area (Å²) >= 11 is 13.5. The van der Waals surface area contributed by atoms with Gasteiger partial charge in [-0.15, -0.1) is 0 Å². The van der Waals surface area contributed by atoms with Gasteiger partial charge in [-0.05, 0) is 30.7 Å². The van der Waals surface area contributed by atoms with Gasteiger partial charge < -0.3 is 5.32 Å². The first-order chi connectivity index (χ1) is 11.9. The Kier molecular flexibility index (Phi) is 7.11. The molecule has 132 valence electrons. The van der Waals surface area contributed by atoms with E-state index < -0.39 is 4.92 Å². The average Bonchev–Trinajstić information content (AvgIpc) is 2.57. The number of aryl methyl sites for hydroxylation is 1. The number of hydrogen-bond acceptors (Lipinski definition) is 4. The molecule has 5 nitrogen and oxygen atoms in total. The van der Waals surface area contributed by atoms with Gasteiger partial charge in [0.1, 0.15) is 0 Å². The van der Waals surface area contributed by atoms with E-state index in [2.05, 4.69) is 5.32 Å². The van der Waals surface area contributed by atoms with Gasteiger partial charge in [-0.1, -0.05) is 35.3 Å². The lowest BCUT2D eigenvalue weighted by molar-refractivity contribution is -0.385. The summed E-state index contributed by atoms with van der Waals surface area (Å²) in [6.07, 6.45) is 0. The second kappa shape index (κ2) is 9.08. The molecule has 0 heterocycles. The highest BCUT2D eigenvalue weighted by Crippen LogP contribution is 2.24. The molecule has 25 heavy (non-hydrogen) atoms. The maximum atomic E-state index is 12.1. The zero-order valence-corrected chi connectivity index (χ0v) is 15.7. The second-order valence-electron chi connectivity index (χ2n) is 5.32. The minimum Gasteiger partial charge on any atom is -0.351 e. The molecule has 1 amide bonds. The maximum Gasteiger partial charge on any atom is 0.273 e. The molecule has 0 aliphatic rings. The highest BCUT2D eigenvalue weighted by atomic mass is 35.5. The molecule has 0 aromatic heterocycles. The topological polar surface area (TPSA) is 72.2 Å². The molecule has 0 aliphatic carbocycles. The maximum absolute atomic E-state index is 12.1. The summed E-state index contributed by atoms with van der Waals surface area (Å²) in [7, 11) is 0. The van der Waals surface area contributed by atoms with E-state index in [1.54, 1.807) is 36.9 Å². The van der Waals surface area contributed by atoms with E-state index in [9.17, 15) is 14.9 Å². The number of nitrogens with zero attached hydrogens (tertiary/aromatic N) is 1. The van der Waals surface area contributed by atoms with Gasteiger partial charge in [0.2, 0.25) is 0 Å². The van der Waals surface area contributed by atoms with E-state index in [1.165, 1.54) is 6.07 Å². The summed E-state index contributed by atoms with van der Waals surface area (Å²) in [6, 6.07) is 9.94. The van der Waals surface area contributed by atoms with Crippen molar-refractivity contribution in [3.63, 3.8) is 0 Å². The van der Waals surface area contributed by atoms with Crippen LogP contribution in [-0.2, 0) is 5.75 Å². The molecule has 0 fully saturated rings. The third-order valence-corrected chi connectivity index (χ3v) is 5.22. The molecule has 0 aliphatic heterocycles. The first-order valence-electron chi connectivity index (χ1n) is 7.43. The van der Waals surface area contributed by atoms with Crippen LogP contribution >= 0.6 is 35.0 Å². The Morgan fingerprint density at radius 1 is 1.20 bits per heavy atom. The SMILES string of the molecule is Cc1ccc(C(=O)NCCSCc2ccc(Cl)c(Cl)c2)cc1[N+](=O)[O-]. The summed E-state index contributed by atoms with van der Waals surface area (Å²) in [5.41, 5.74) is 1.81. The predicted octanol–water partition coefficient (Wildman–Crippen LogP) is 4.87. The zero-order chi connectivity index (χ0) is 18.4. The standard InChI is InChI=1S/C17H16Cl2N2O3S/c1-11-2-4-13(9-16(11)21(23)24)17(22)20-6-7-25-10-12-3-5-14(18)15(19)8-12/h2-5,8-9H,6-7,10H2,1H3,(H,20,22). The summed E-state index contributed by atoms with van der Waals surface area (Å²) in [6.45, 7) is 2.10. The number of benzene rings is 2. The highest BCUT2D eigenvalue weighted by Gasteiger charge is 2.14. The van der Waals surface area contributed by atoms with E-state index >= 15 is 0 Å². The van der Waals surface area contributed by atoms with E-state index in [0.29, 0.717) is 27.9 Å². The van der Waals surface area contributed by atoms with Crippen molar-refractivity contribution in [2.45, 2.75) is 12.7 Å². The van der Waals surface area contributed by atoms with Crippen molar-refractivity contribution in [2.75, 3.05) is 12.3 Å². The van der Waals surface area contributed by atoms with Crippen LogP contribution in [0.3, 0.4) is 0 Å². The van der Waals surface area contributed by atoms with Gasteiger partial charge in [0, 0.05) is 35.2 Å². The van der Waals surface area contributed by atoms with Gasteiger partial charge in [-0.25, -0.2) is 0 Å². The lowest BCUT2D eigenvalue weighted by Crippen LogP contribution is -2.25. The average molecular weight is 399 g/mol. The first-order valence-corrected chi connectivity index (χ1v) is 9.34. The lowest BCUT2D eigenvalue weighted by Gasteiger charge is -2.07. The molecule has 0 saturated carbocycles. The predicted molar refractivity (Wildman–Crippen MR) is 103 cm³/mol. The number of halogens is 2. The summed E-state index contributed by atoms with van der Waals surface area (Å²) in [4.78, 5) is 22.5. The number of nitro groups is 1. The van der Waals surface area contributed by atoms with Crippen molar-refractivity contribution in [3.05, 3.63) is 73.2 Å². The Bertz CT molecular complexity index is 799. The minimum atomic E-state index is -0.487. The van der Waals surface area contributed by atoms with Crippen molar-refractivity contribution in [1.29, 1.82) is 0 Å². The van der Waals surface area contributed by atoms with Crippen LogP contribution in [0, 0.1) is 17.0 Å². The van der Waals surface area contributed by atoms with Crippen molar-refractivity contribution >= 4 is 46.6 Å². The Morgan fingerprint density at radius 2 is 1.96 bits per heavy atom. The Labute approximate surface area is 159 Å². The minimum absolute atomic E-state index is 0.0540. The number of rotatable bonds is 7. The number of nitrogens with one attached hydrogen (secondary N) is 1. The number of nitro benzene ring substituents is 1. The highest BCUT2D eigenvalue weighted by molar-refractivity contribution is 7.98. The molecule has 0 saturated heterocycles. The lowest BCUT2D eigenvalue weighted by atomic mass is 10.1. The van der Waals surface area contributed by atoms with E-state index in [0.717, 1.165) is 11.3 Å². The molecule has 2 aromatic rings. The van der Waals surface area contributed by atoms with E-state index in [1.807, 2.05) is 12.1 Å². The van der Waals surface area contributed by atoms with Crippen LogP contribution in [0.1, 0.15) is 21.5 Å². The molecular formula is C17H16Cl2N2O3S. The molecular weight excluding hydrogens is 383 g/mol. The third-order valence-electron chi connectivity index (χ3n) is 3.45. The summed E-state index contributed by atoms with van der Waals surface area (Å²) < 4.78 is 0. The molecule has 2 rings (SSSR count). The Hall–Kier alpha value is -1.76. The van der Waals surface area contributed by atoms with Crippen molar-refractivity contribution in [3.8, 4) is 0 Å². The number of thioether (sulfide) groups is 1. The Morgan fingerprint density at radius 3 is 2.64 bits per heavy atom. The number of amides is 1. The molecule has 0 atom stereocenters. The van der Waals surface area contributed by atoms with Gasteiger partial charge in [0.15, 0.2) is 0 Å². The quantitative estimate of drug-likeness (QED) is 0.410. The Balaban J connectivity index is 1.79. The fourth-order valence-corrected chi connectivity index (χ4v) is 3.23. The zero-order valence-electron chi connectivity index (χ0n) is 13.4. The molecule has 8 heteroatoms. The van der Waals surface area contributed by atoms with Crippen LogP contribution in [0.25, 0.3) is 0 Å². The molecule has 1 N–H and O–H groups in total. The summed E-state index contributed by atoms with van der Waals surface area (Å²) in [5, 5.41) is 14.7. The molecule has 0 spiro atoms. The number of carbonyl (C=O) groups is 1. The van der Waals surface area contributed by atoms with E-state index in [4.69, 9.17) is 23.2 Å². The van der Waals surface area contributed by atoms with Gasteiger partial charge >= 0.3 is 0 Å². The van der Waals surface area contributed by atoms with Crippen LogP contribution in [-0.4, -0.2) is 23.1 Å². The normalized spacial score (nSPS) is 10.5. The molecule has 2 aromatic carbocycles. The van der Waals surface area contributed by atoms with E-state index in [-0.39, 0.29) is 17.2 Å². The van der Waals surface area contributed by atoms with Gasteiger partial charge in [-0.3, -0.25) is 14.9 Å². The largest absolute Gasteiger partial charge is 0.351 e. The summed E-state index contributed by atoms with van der Waals surface area (Å²) in [5.74, 6) is 1.14. The third kappa shape index (κ3) is 5.63. The smallest absolute Gasteiger partial charge is 0.273 e. The van der Waals surface area contributed by atoms with Crippen LogP contribution < -0.4 is 5.32 Å². The van der Waals surface area contributed by atoms with Crippen LogP contribution in [0.2, 0.25) is 10.0 Å². The van der Waals surface area contributed by atoms with Gasteiger partial charge in [0.25, 0.3) is 11.6 Å². The van der Waals surface area contributed by atoms with Crippen LogP contribution in [0.4, 0.5) is 5.69 Å². The fourth-order valence-electron chi connectivity index (χ4n) is 2.11. The number of carbonyl (C=O) groups excluding carboxylic acids is 1. The molecule has 0 bridgehead atoms. The van der Waals surface area contributed by atoms with Gasteiger partial charge in [-0.2, -0.15) is 11.8 Å². The monoisotopic (exact) mass is 398 g/mol. The molecule has 0 radical (unpaired) electrons. The van der Waals surface area contributed by atoms with Crippen LogP contribution in [0.15, 0.2) is 36.4 Å². The van der Waals surface area contributed by atoms with Gasteiger partial charge in [0.05, 0.1) is 15.0 Å². The van der Waals surface area contributed by atoms with Crippen LogP contribution in [0.5, 0.6) is 0 Å². The fraction of sp³-hybridized carbons (Fsp3) is 0.235. The van der Waals surface area contributed by atoms with Crippen molar-refractivity contribution < 1.29 is 9.72 Å². The molecule has 0 unspecified atom stereocenters. The van der Waals surface area contributed by atoms with Crippen molar-refractivity contribution in [2.24, 2.45) is 0 Å². The number of hydrogen-bond donors (Lipinski definition) is 1. The van der Waals surface area contributed by atoms with Crippen molar-refractivity contribution in [1.82, 2.24) is 5.32 Å².